The van der Waals surface area contributed by atoms with Gasteiger partial charge in [-0.2, -0.15) is 0 Å². The number of hydrogen-bond donors (Lipinski definition) is 0. The third-order valence-corrected chi connectivity index (χ3v) is 8.14. The van der Waals surface area contributed by atoms with E-state index in [9.17, 15) is 0 Å². The first-order valence-corrected chi connectivity index (χ1v) is 9.80. The molecule has 0 aromatic heterocycles. The zero-order valence-corrected chi connectivity index (χ0v) is 13.2. The second-order valence-electron chi connectivity index (χ2n) is 5.00. The minimum atomic E-state index is -1.71. The van der Waals surface area contributed by atoms with E-state index < -0.39 is 7.49 Å². The molecule has 0 amide bonds. The van der Waals surface area contributed by atoms with E-state index >= 15 is 0 Å². The topological polar surface area (TPSA) is 9.23 Å². The summed E-state index contributed by atoms with van der Waals surface area (Å²) in [5.41, 5.74) is 0. The first-order chi connectivity index (χ1) is 8.79. The molecule has 1 aromatic carbocycles. The summed E-state index contributed by atoms with van der Waals surface area (Å²) in [6.45, 7) is 7.54. The average Bonchev–Trinajstić information content (AvgIpc) is 2.43. The van der Waals surface area contributed by atoms with Crippen LogP contribution in [-0.4, -0.2) is 18.9 Å². The first-order valence-electron chi connectivity index (χ1n) is 7.48. The summed E-state index contributed by atoms with van der Waals surface area (Å²) in [7, 11) is -1.71. The normalized spacial score (nSPS) is 12.6. The first kappa shape index (κ1) is 15.7. The molecule has 0 aliphatic carbocycles. The Morgan fingerprint density at radius 2 is 1.44 bits per heavy atom. The molecule has 0 aliphatic rings. The minimum absolute atomic E-state index is 0.856. The summed E-state index contributed by atoms with van der Waals surface area (Å²) in [5, 5.41) is 1.49. The summed E-state index contributed by atoms with van der Waals surface area (Å²) in [5.74, 6) is 0. The van der Waals surface area contributed by atoms with Crippen LogP contribution in [0, 0.1) is 0 Å². The third kappa shape index (κ3) is 4.37. The Bertz CT molecular complexity index is 302. The second kappa shape index (κ2) is 8.67. The van der Waals surface area contributed by atoms with Crippen LogP contribution in [0.5, 0.6) is 0 Å². The summed E-state index contributed by atoms with van der Waals surface area (Å²) >= 11 is 0. The van der Waals surface area contributed by atoms with Gasteiger partial charge in [0.15, 0.2) is 0 Å². The van der Waals surface area contributed by atoms with Crippen molar-refractivity contribution in [3.05, 3.63) is 30.3 Å². The predicted octanol–water partition coefficient (Wildman–Crippen LogP) is 4.61. The molecule has 0 saturated heterocycles. The Balaban J connectivity index is 2.94. The quantitative estimate of drug-likeness (QED) is 0.594. The van der Waals surface area contributed by atoms with Gasteiger partial charge in [0.05, 0.1) is 0 Å². The van der Waals surface area contributed by atoms with Crippen molar-refractivity contribution < 1.29 is 4.52 Å². The molecule has 1 rings (SSSR count). The van der Waals surface area contributed by atoms with E-state index in [0.717, 1.165) is 6.61 Å². The SMILES string of the molecule is CCCC[PH](CCCC)(OCC)c1ccccc1. The molecule has 1 nitrogen and oxygen atoms in total. The van der Waals surface area contributed by atoms with Crippen molar-refractivity contribution in [2.75, 3.05) is 18.9 Å². The van der Waals surface area contributed by atoms with Crippen molar-refractivity contribution in [2.45, 2.75) is 46.5 Å². The van der Waals surface area contributed by atoms with Crippen LogP contribution in [0.3, 0.4) is 0 Å². The molecule has 0 aliphatic heterocycles. The van der Waals surface area contributed by atoms with E-state index in [4.69, 9.17) is 4.52 Å². The fraction of sp³-hybridized carbons (Fsp3) is 0.625. The summed E-state index contributed by atoms with van der Waals surface area (Å²) < 4.78 is 6.36. The van der Waals surface area contributed by atoms with Crippen LogP contribution in [-0.2, 0) is 4.52 Å². The summed E-state index contributed by atoms with van der Waals surface area (Å²) in [4.78, 5) is 0. The van der Waals surface area contributed by atoms with Crippen LogP contribution in [0.2, 0.25) is 0 Å². The molecule has 2 heteroatoms. The average molecular weight is 268 g/mol. The molecule has 0 N–H and O–H groups in total. The second-order valence-corrected chi connectivity index (χ2v) is 8.86. The molecule has 0 fully saturated rings. The van der Waals surface area contributed by atoms with Gasteiger partial charge in [0.25, 0.3) is 0 Å². The monoisotopic (exact) mass is 268 g/mol. The van der Waals surface area contributed by atoms with Gasteiger partial charge in [-0.25, -0.2) is 0 Å². The van der Waals surface area contributed by atoms with Gasteiger partial charge in [-0.05, 0) is 0 Å². The maximum atomic E-state index is 6.36. The Labute approximate surface area is 113 Å². The molecule has 0 spiro atoms. The third-order valence-electron chi connectivity index (χ3n) is 3.59. The van der Waals surface area contributed by atoms with Gasteiger partial charge in [-0.3, -0.25) is 0 Å². The Morgan fingerprint density at radius 1 is 0.889 bits per heavy atom. The van der Waals surface area contributed by atoms with Gasteiger partial charge in [0, 0.05) is 0 Å². The van der Waals surface area contributed by atoms with Crippen LogP contribution >= 0.6 is 7.49 Å². The Kier molecular flexibility index (Phi) is 7.54. The van der Waals surface area contributed by atoms with Gasteiger partial charge < -0.3 is 0 Å². The standard InChI is InChI=1S/C16H29OP/c1-4-7-14-18(17-6-3,15-8-5-2)16-12-10-9-11-13-16/h9-13,18H,4-8,14-15H2,1-3H3. The zero-order chi connectivity index (χ0) is 13.3. The van der Waals surface area contributed by atoms with E-state index in [1.807, 2.05) is 0 Å². The van der Waals surface area contributed by atoms with Gasteiger partial charge in [-0.1, -0.05) is 0 Å². The molecule has 0 heterocycles. The predicted molar refractivity (Wildman–Crippen MR) is 85.6 cm³/mol. The molecule has 0 unspecified atom stereocenters. The van der Waals surface area contributed by atoms with E-state index in [2.05, 4.69) is 51.1 Å². The number of rotatable bonds is 9. The molecule has 18 heavy (non-hydrogen) atoms. The van der Waals surface area contributed by atoms with E-state index in [1.54, 1.807) is 0 Å². The van der Waals surface area contributed by atoms with Gasteiger partial charge >= 0.3 is 113 Å². The Morgan fingerprint density at radius 3 is 1.89 bits per heavy atom. The molecular weight excluding hydrogens is 239 g/mol. The number of benzene rings is 1. The number of hydrogen-bond acceptors (Lipinski definition) is 1. The van der Waals surface area contributed by atoms with Crippen molar-refractivity contribution in [2.24, 2.45) is 0 Å². The van der Waals surface area contributed by atoms with Gasteiger partial charge in [0.2, 0.25) is 0 Å². The van der Waals surface area contributed by atoms with E-state index in [-0.39, 0.29) is 0 Å². The van der Waals surface area contributed by atoms with Crippen molar-refractivity contribution in [1.82, 2.24) is 0 Å². The molecule has 0 atom stereocenters. The van der Waals surface area contributed by atoms with Crippen molar-refractivity contribution >= 4 is 12.8 Å². The molecular formula is C16H29OP. The maximum absolute atomic E-state index is 6.36. The van der Waals surface area contributed by atoms with E-state index in [1.165, 1.54) is 43.3 Å². The van der Waals surface area contributed by atoms with Crippen molar-refractivity contribution in [3.8, 4) is 0 Å². The zero-order valence-electron chi connectivity index (χ0n) is 12.2. The molecule has 0 radical (unpaired) electrons. The van der Waals surface area contributed by atoms with Crippen LogP contribution in [0.1, 0.15) is 46.5 Å². The van der Waals surface area contributed by atoms with Crippen molar-refractivity contribution in [1.29, 1.82) is 0 Å². The fourth-order valence-electron chi connectivity index (χ4n) is 2.58. The van der Waals surface area contributed by atoms with E-state index in [0.29, 0.717) is 0 Å². The molecule has 0 saturated carbocycles. The van der Waals surface area contributed by atoms with Crippen LogP contribution in [0.15, 0.2) is 30.3 Å². The van der Waals surface area contributed by atoms with Gasteiger partial charge in [0.1, 0.15) is 0 Å². The molecule has 104 valence electrons. The van der Waals surface area contributed by atoms with Crippen LogP contribution < -0.4 is 5.30 Å². The molecule has 0 bridgehead atoms. The summed E-state index contributed by atoms with van der Waals surface area (Å²) in [6.07, 6.45) is 7.68. The van der Waals surface area contributed by atoms with Crippen molar-refractivity contribution in [3.63, 3.8) is 0 Å². The number of unbranched alkanes of at least 4 members (excludes halogenated alkanes) is 2. The fourth-order valence-corrected chi connectivity index (χ4v) is 7.07. The Hall–Kier alpha value is -0.390. The van der Waals surface area contributed by atoms with Crippen LogP contribution in [0.4, 0.5) is 0 Å². The molecule has 1 aromatic rings. The van der Waals surface area contributed by atoms with Crippen LogP contribution in [0.25, 0.3) is 0 Å². The summed E-state index contributed by atoms with van der Waals surface area (Å²) in [6, 6.07) is 11.0. The van der Waals surface area contributed by atoms with Gasteiger partial charge in [-0.15, -0.1) is 0 Å².